The van der Waals surface area contributed by atoms with Gasteiger partial charge >= 0.3 is 5.97 Å². The Hall–Kier alpha value is -1.64. The van der Waals surface area contributed by atoms with Gasteiger partial charge in [0.15, 0.2) is 0 Å². The van der Waals surface area contributed by atoms with E-state index in [1.165, 1.54) is 0 Å². The first-order valence-electron chi connectivity index (χ1n) is 6.33. The molecular formula is C15H20O3. The van der Waals surface area contributed by atoms with Crippen LogP contribution in [-0.2, 0) is 16.0 Å². The van der Waals surface area contributed by atoms with E-state index in [0.717, 1.165) is 17.5 Å². The molecule has 1 aromatic rings. The monoisotopic (exact) mass is 248 g/mol. The molecule has 0 spiro atoms. The van der Waals surface area contributed by atoms with Crippen molar-refractivity contribution in [1.82, 2.24) is 0 Å². The van der Waals surface area contributed by atoms with E-state index in [1.54, 1.807) is 0 Å². The summed E-state index contributed by atoms with van der Waals surface area (Å²) in [5, 5.41) is 9.00. The molecule has 0 aliphatic carbocycles. The molecular weight excluding hydrogens is 228 g/mol. The maximum absolute atomic E-state index is 11.8. The molecule has 0 fully saturated rings. The van der Waals surface area contributed by atoms with Crippen LogP contribution in [0.25, 0.3) is 0 Å². The minimum absolute atomic E-state index is 0.000275. The Labute approximate surface area is 108 Å². The molecule has 0 amide bonds. The summed E-state index contributed by atoms with van der Waals surface area (Å²) in [4.78, 5) is 22.8. The summed E-state index contributed by atoms with van der Waals surface area (Å²) in [5.41, 5.74) is 2.10. The largest absolute Gasteiger partial charge is 0.481 e. The summed E-state index contributed by atoms with van der Waals surface area (Å²) >= 11 is 0. The molecule has 1 N–H and O–H groups in total. The van der Waals surface area contributed by atoms with Crippen molar-refractivity contribution < 1.29 is 14.7 Å². The van der Waals surface area contributed by atoms with E-state index in [0.29, 0.717) is 12.8 Å². The zero-order valence-corrected chi connectivity index (χ0v) is 11.0. The van der Waals surface area contributed by atoms with Crippen molar-refractivity contribution in [2.24, 2.45) is 5.92 Å². The van der Waals surface area contributed by atoms with Crippen LogP contribution in [0, 0.1) is 12.8 Å². The minimum Gasteiger partial charge on any atom is -0.481 e. The van der Waals surface area contributed by atoms with E-state index in [4.69, 9.17) is 5.11 Å². The van der Waals surface area contributed by atoms with Crippen molar-refractivity contribution in [2.75, 3.05) is 0 Å². The number of hydrogen-bond donors (Lipinski definition) is 1. The summed E-state index contributed by atoms with van der Waals surface area (Å²) in [6.45, 7) is 3.92. The van der Waals surface area contributed by atoms with Crippen LogP contribution in [0.3, 0.4) is 0 Å². The van der Waals surface area contributed by atoms with Crippen LogP contribution >= 0.6 is 0 Å². The van der Waals surface area contributed by atoms with Crippen molar-refractivity contribution in [3.8, 4) is 0 Å². The number of ketones is 1. The number of hydrogen-bond acceptors (Lipinski definition) is 2. The number of Topliss-reactive ketones (excluding diaryl/α,β-unsaturated/α-hetero) is 1. The van der Waals surface area contributed by atoms with Gasteiger partial charge in [-0.15, -0.1) is 0 Å². The number of aliphatic carboxylic acids is 1. The Balaban J connectivity index is 2.54. The first-order valence-corrected chi connectivity index (χ1v) is 6.33. The lowest BCUT2D eigenvalue weighted by molar-refractivity contribution is -0.144. The molecule has 0 aromatic heterocycles. The first kappa shape index (κ1) is 14.4. The average Bonchev–Trinajstić information content (AvgIpc) is 2.31. The maximum Gasteiger partial charge on any atom is 0.306 e. The Morgan fingerprint density at radius 2 is 1.83 bits per heavy atom. The van der Waals surface area contributed by atoms with Gasteiger partial charge in [-0.05, 0) is 18.9 Å². The van der Waals surface area contributed by atoms with Gasteiger partial charge in [0.05, 0.1) is 5.92 Å². The van der Waals surface area contributed by atoms with Crippen molar-refractivity contribution in [2.45, 2.75) is 39.5 Å². The number of aryl methyl sites for hydroxylation is 1. The summed E-state index contributed by atoms with van der Waals surface area (Å²) in [6, 6.07) is 7.76. The molecule has 0 aliphatic heterocycles. The SMILES string of the molecule is CCCC(CC(=O)Cc1ccc(C)cc1)C(=O)O. The summed E-state index contributed by atoms with van der Waals surface area (Å²) in [6.07, 6.45) is 1.81. The van der Waals surface area contributed by atoms with Crippen LogP contribution in [0.2, 0.25) is 0 Å². The van der Waals surface area contributed by atoms with Crippen LogP contribution in [0.5, 0.6) is 0 Å². The molecule has 98 valence electrons. The molecule has 0 radical (unpaired) electrons. The lowest BCUT2D eigenvalue weighted by Gasteiger charge is -2.10. The highest BCUT2D eigenvalue weighted by atomic mass is 16.4. The van der Waals surface area contributed by atoms with Gasteiger partial charge in [-0.3, -0.25) is 9.59 Å². The van der Waals surface area contributed by atoms with Crippen LogP contribution < -0.4 is 0 Å². The lowest BCUT2D eigenvalue weighted by atomic mass is 9.94. The standard InChI is InChI=1S/C15H20O3/c1-3-4-13(15(17)18)10-14(16)9-12-7-5-11(2)6-8-12/h5-8,13H,3-4,9-10H2,1-2H3,(H,17,18). The molecule has 18 heavy (non-hydrogen) atoms. The maximum atomic E-state index is 11.8. The van der Waals surface area contributed by atoms with Crippen molar-refractivity contribution in [3.05, 3.63) is 35.4 Å². The van der Waals surface area contributed by atoms with Crippen molar-refractivity contribution in [3.63, 3.8) is 0 Å². The fourth-order valence-corrected chi connectivity index (χ4v) is 1.94. The van der Waals surface area contributed by atoms with Gasteiger partial charge in [0, 0.05) is 12.8 Å². The first-order chi connectivity index (χ1) is 8.52. The van der Waals surface area contributed by atoms with E-state index in [9.17, 15) is 9.59 Å². The minimum atomic E-state index is -0.867. The van der Waals surface area contributed by atoms with Crippen LogP contribution in [0.4, 0.5) is 0 Å². The molecule has 0 bridgehead atoms. The van der Waals surface area contributed by atoms with Gasteiger partial charge in [-0.1, -0.05) is 43.2 Å². The molecule has 0 saturated heterocycles. The second-order valence-electron chi connectivity index (χ2n) is 4.73. The molecule has 1 aromatic carbocycles. The smallest absolute Gasteiger partial charge is 0.306 e. The fourth-order valence-electron chi connectivity index (χ4n) is 1.94. The quantitative estimate of drug-likeness (QED) is 0.807. The van der Waals surface area contributed by atoms with Gasteiger partial charge in [-0.25, -0.2) is 0 Å². The molecule has 1 atom stereocenters. The normalized spacial score (nSPS) is 12.1. The second-order valence-corrected chi connectivity index (χ2v) is 4.73. The third-order valence-corrected chi connectivity index (χ3v) is 2.98. The zero-order chi connectivity index (χ0) is 13.5. The molecule has 1 rings (SSSR count). The van der Waals surface area contributed by atoms with Gasteiger partial charge in [0.25, 0.3) is 0 Å². The van der Waals surface area contributed by atoms with E-state index >= 15 is 0 Å². The summed E-state index contributed by atoms with van der Waals surface area (Å²) in [5.74, 6) is -1.40. The van der Waals surface area contributed by atoms with E-state index in [2.05, 4.69) is 0 Å². The molecule has 3 heteroatoms. The van der Waals surface area contributed by atoms with Crippen molar-refractivity contribution in [1.29, 1.82) is 0 Å². The molecule has 0 aliphatic rings. The fraction of sp³-hybridized carbons (Fsp3) is 0.467. The highest BCUT2D eigenvalue weighted by Crippen LogP contribution is 2.14. The molecule has 1 unspecified atom stereocenters. The third-order valence-electron chi connectivity index (χ3n) is 2.98. The lowest BCUT2D eigenvalue weighted by Crippen LogP contribution is -2.18. The molecule has 3 nitrogen and oxygen atoms in total. The Bertz CT molecular complexity index is 406. The highest BCUT2D eigenvalue weighted by Gasteiger charge is 2.20. The van der Waals surface area contributed by atoms with Crippen LogP contribution in [0.1, 0.15) is 37.3 Å². The number of carbonyl (C=O) groups excluding carboxylic acids is 1. The van der Waals surface area contributed by atoms with E-state index < -0.39 is 11.9 Å². The Kier molecular flexibility index (Phi) is 5.56. The van der Waals surface area contributed by atoms with Gasteiger partial charge in [0.1, 0.15) is 5.78 Å². The predicted octanol–water partition coefficient (Wildman–Crippen LogP) is 3.00. The van der Waals surface area contributed by atoms with Gasteiger partial charge in [0.2, 0.25) is 0 Å². The van der Waals surface area contributed by atoms with E-state index in [-0.39, 0.29) is 12.2 Å². The van der Waals surface area contributed by atoms with Gasteiger partial charge in [-0.2, -0.15) is 0 Å². The van der Waals surface area contributed by atoms with Crippen LogP contribution in [-0.4, -0.2) is 16.9 Å². The Morgan fingerprint density at radius 1 is 1.22 bits per heavy atom. The number of carbonyl (C=O) groups is 2. The second kappa shape index (κ2) is 6.94. The number of carboxylic acids is 1. The zero-order valence-electron chi connectivity index (χ0n) is 11.0. The third kappa shape index (κ3) is 4.70. The van der Waals surface area contributed by atoms with E-state index in [1.807, 2.05) is 38.1 Å². The summed E-state index contributed by atoms with van der Waals surface area (Å²) in [7, 11) is 0. The highest BCUT2D eigenvalue weighted by molar-refractivity contribution is 5.85. The van der Waals surface area contributed by atoms with Gasteiger partial charge < -0.3 is 5.11 Å². The predicted molar refractivity (Wildman–Crippen MR) is 70.5 cm³/mol. The molecule has 0 saturated carbocycles. The number of rotatable bonds is 7. The topological polar surface area (TPSA) is 54.4 Å². The average molecular weight is 248 g/mol. The number of benzene rings is 1. The summed E-state index contributed by atoms with van der Waals surface area (Å²) < 4.78 is 0. The van der Waals surface area contributed by atoms with Crippen molar-refractivity contribution >= 4 is 11.8 Å². The number of carboxylic acid groups (broad SMARTS) is 1. The molecule has 0 heterocycles. The Morgan fingerprint density at radius 3 is 2.33 bits per heavy atom. The van der Waals surface area contributed by atoms with Crippen LogP contribution in [0.15, 0.2) is 24.3 Å².